The largest absolute Gasteiger partial charge is 0.333 e. The summed E-state index contributed by atoms with van der Waals surface area (Å²) in [5.41, 5.74) is 6.91. The molecule has 0 saturated heterocycles. The number of aromatic amines is 1. The molecule has 182 valence electrons. The molecule has 0 spiro atoms. The molecule has 0 amide bonds. The van der Waals surface area contributed by atoms with Crippen molar-refractivity contribution in [2.45, 2.75) is 46.1 Å². The zero-order chi connectivity index (χ0) is 24.9. The Morgan fingerprint density at radius 1 is 0.917 bits per heavy atom. The average molecular weight is 480 g/mol. The number of rotatable bonds is 9. The molecule has 3 heterocycles. The van der Waals surface area contributed by atoms with Crippen LogP contribution in [0.25, 0.3) is 28.3 Å². The van der Waals surface area contributed by atoms with Crippen molar-refractivity contribution >= 4 is 0 Å². The Kier molecular flexibility index (Phi) is 6.84. The first-order valence-corrected chi connectivity index (χ1v) is 12.4. The molecule has 0 fully saturated rings. The van der Waals surface area contributed by atoms with Crippen LogP contribution < -0.4 is 5.69 Å². The SMILES string of the molecule is CCCc1ccccc1-n1cc(CCC)n(Cc2ccc(-c3cccnc3-c3nnn[nH]3)cc2)c1=O. The van der Waals surface area contributed by atoms with E-state index in [1.54, 1.807) is 6.20 Å². The molecule has 0 aliphatic carbocycles. The van der Waals surface area contributed by atoms with Gasteiger partial charge in [0.1, 0.15) is 5.69 Å². The summed E-state index contributed by atoms with van der Waals surface area (Å²) in [7, 11) is 0. The van der Waals surface area contributed by atoms with Crippen LogP contribution in [0.3, 0.4) is 0 Å². The fourth-order valence-corrected chi connectivity index (χ4v) is 4.61. The summed E-state index contributed by atoms with van der Waals surface area (Å²) in [6.45, 7) is 4.82. The van der Waals surface area contributed by atoms with E-state index in [0.717, 1.165) is 53.8 Å². The van der Waals surface area contributed by atoms with Gasteiger partial charge in [0.2, 0.25) is 0 Å². The fourth-order valence-electron chi connectivity index (χ4n) is 4.61. The summed E-state index contributed by atoms with van der Waals surface area (Å²) in [6, 6.07) is 20.3. The molecule has 3 aromatic heterocycles. The van der Waals surface area contributed by atoms with E-state index in [-0.39, 0.29) is 5.69 Å². The maximum Gasteiger partial charge on any atom is 0.333 e. The standard InChI is InChI=1S/C28H29N7O/c1-3-8-22-10-5-6-12-25(22)35-19-23(9-4-2)34(28(35)36)18-20-13-15-21(16-14-20)24-11-7-17-29-26(24)27-30-32-33-31-27/h5-7,10-17,19H,3-4,8-9,18H2,1-2H3,(H,30,31,32,33). The number of imidazole rings is 1. The van der Waals surface area contributed by atoms with Crippen molar-refractivity contribution in [1.29, 1.82) is 0 Å². The number of H-pyrrole nitrogens is 1. The monoisotopic (exact) mass is 479 g/mol. The number of pyridine rings is 1. The van der Waals surface area contributed by atoms with E-state index in [2.05, 4.69) is 69.8 Å². The Labute approximate surface area is 209 Å². The van der Waals surface area contributed by atoms with Gasteiger partial charge in [0, 0.05) is 23.7 Å². The first kappa shape index (κ1) is 23.4. The Bertz CT molecular complexity index is 1500. The van der Waals surface area contributed by atoms with Crippen molar-refractivity contribution in [2.75, 3.05) is 0 Å². The van der Waals surface area contributed by atoms with Crippen LogP contribution in [0.5, 0.6) is 0 Å². The minimum absolute atomic E-state index is 0.00144. The minimum Gasteiger partial charge on any atom is -0.292 e. The zero-order valence-electron chi connectivity index (χ0n) is 20.6. The van der Waals surface area contributed by atoms with Gasteiger partial charge in [0.05, 0.1) is 12.2 Å². The number of hydrogen-bond acceptors (Lipinski definition) is 5. The average Bonchev–Trinajstić information content (AvgIpc) is 3.55. The van der Waals surface area contributed by atoms with Crippen molar-refractivity contribution in [3.8, 4) is 28.3 Å². The molecule has 1 N–H and O–H groups in total. The third-order valence-corrected chi connectivity index (χ3v) is 6.32. The maximum absolute atomic E-state index is 13.6. The second-order valence-corrected chi connectivity index (χ2v) is 8.83. The van der Waals surface area contributed by atoms with Gasteiger partial charge in [0.25, 0.3) is 0 Å². The number of nitrogens with zero attached hydrogens (tertiary/aromatic N) is 6. The summed E-state index contributed by atoms with van der Waals surface area (Å²) in [5, 5.41) is 14.1. The summed E-state index contributed by atoms with van der Waals surface area (Å²) in [5.74, 6) is 0.523. The number of aromatic nitrogens is 7. The van der Waals surface area contributed by atoms with Gasteiger partial charge in [-0.05, 0) is 52.1 Å². The van der Waals surface area contributed by atoms with E-state index in [9.17, 15) is 4.79 Å². The first-order chi connectivity index (χ1) is 17.7. The lowest BCUT2D eigenvalue weighted by atomic mass is 10.0. The molecule has 36 heavy (non-hydrogen) atoms. The number of hydrogen-bond donors (Lipinski definition) is 1. The van der Waals surface area contributed by atoms with Crippen LogP contribution in [0.2, 0.25) is 0 Å². The molecule has 0 radical (unpaired) electrons. The Hall–Kier alpha value is -4.33. The highest BCUT2D eigenvalue weighted by atomic mass is 16.1. The summed E-state index contributed by atoms with van der Waals surface area (Å²) in [4.78, 5) is 18.0. The Morgan fingerprint density at radius 3 is 2.47 bits per heavy atom. The van der Waals surface area contributed by atoms with Gasteiger partial charge in [-0.25, -0.2) is 9.89 Å². The second-order valence-electron chi connectivity index (χ2n) is 8.83. The van der Waals surface area contributed by atoms with Gasteiger partial charge in [0.15, 0.2) is 5.82 Å². The molecule has 0 saturated carbocycles. The molecule has 5 aromatic rings. The Morgan fingerprint density at radius 2 is 1.72 bits per heavy atom. The molecular formula is C28H29N7O. The highest BCUT2D eigenvalue weighted by Gasteiger charge is 2.16. The number of aryl methyl sites for hydroxylation is 2. The number of nitrogens with one attached hydrogen (secondary N) is 1. The number of tetrazole rings is 1. The molecule has 2 aromatic carbocycles. The minimum atomic E-state index is -0.00144. The highest BCUT2D eigenvalue weighted by molar-refractivity contribution is 5.77. The first-order valence-electron chi connectivity index (χ1n) is 12.4. The lowest BCUT2D eigenvalue weighted by Crippen LogP contribution is -2.25. The molecule has 0 bridgehead atoms. The van der Waals surface area contributed by atoms with Gasteiger partial charge in [-0.15, -0.1) is 5.10 Å². The lowest BCUT2D eigenvalue weighted by molar-refractivity contribution is 0.691. The van der Waals surface area contributed by atoms with Crippen molar-refractivity contribution in [3.05, 3.63) is 100 Å². The van der Waals surface area contributed by atoms with Crippen LogP contribution >= 0.6 is 0 Å². The third-order valence-electron chi connectivity index (χ3n) is 6.32. The molecule has 8 nitrogen and oxygen atoms in total. The topological polar surface area (TPSA) is 94.3 Å². The highest BCUT2D eigenvalue weighted by Crippen LogP contribution is 2.28. The second kappa shape index (κ2) is 10.5. The van der Waals surface area contributed by atoms with Crippen LogP contribution in [-0.4, -0.2) is 34.7 Å². The third kappa shape index (κ3) is 4.62. The van der Waals surface area contributed by atoms with Crippen molar-refractivity contribution in [2.24, 2.45) is 0 Å². The van der Waals surface area contributed by atoms with Gasteiger partial charge in [-0.1, -0.05) is 75.2 Å². The lowest BCUT2D eigenvalue weighted by Gasteiger charge is -2.10. The van der Waals surface area contributed by atoms with Gasteiger partial charge < -0.3 is 0 Å². The molecule has 0 aliphatic rings. The van der Waals surface area contributed by atoms with E-state index in [4.69, 9.17) is 0 Å². The molecule has 8 heteroatoms. The van der Waals surface area contributed by atoms with E-state index in [1.807, 2.05) is 45.7 Å². The van der Waals surface area contributed by atoms with Crippen LogP contribution in [0.15, 0.2) is 77.9 Å². The normalized spacial score (nSPS) is 11.2. The van der Waals surface area contributed by atoms with Crippen LogP contribution in [0.4, 0.5) is 0 Å². The summed E-state index contributed by atoms with van der Waals surface area (Å²) in [6.07, 6.45) is 7.54. The van der Waals surface area contributed by atoms with Gasteiger partial charge in [-0.3, -0.25) is 14.1 Å². The molecule has 0 atom stereocenters. The molecular weight excluding hydrogens is 450 g/mol. The fraction of sp³-hybridized carbons (Fsp3) is 0.250. The van der Waals surface area contributed by atoms with Crippen molar-refractivity contribution in [1.82, 2.24) is 34.7 Å². The van der Waals surface area contributed by atoms with E-state index in [0.29, 0.717) is 18.1 Å². The van der Waals surface area contributed by atoms with E-state index >= 15 is 0 Å². The van der Waals surface area contributed by atoms with E-state index < -0.39 is 0 Å². The Balaban J connectivity index is 1.47. The summed E-state index contributed by atoms with van der Waals surface area (Å²) < 4.78 is 3.72. The quantitative estimate of drug-likeness (QED) is 0.327. The molecule has 5 rings (SSSR count). The van der Waals surface area contributed by atoms with Crippen molar-refractivity contribution in [3.63, 3.8) is 0 Å². The van der Waals surface area contributed by atoms with Crippen molar-refractivity contribution < 1.29 is 0 Å². The smallest absolute Gasteiger partial charge is 0.292 e. The molecule has 0 aliphatic heterocycles. The number of benzene rings is 2. The van der Waals surface area contributed by atoms with Gasteiger partial charge in [-0.2, -0.15) is 0 Å². The maximum atomic E-state index is 13.6. The predicted octanol–water partition coefficient (Wildman–Crippen LogP) is 4.83. The predicted molar refractivity (Wildman–Crippen MR) is 140 cm³/mol. The van der Waals surface area contributed by atoms with Gasteiger partial charge >= 0.3 is 5.69 Å². The van der Waals surface area contributed by atoms with Crippen LogP contribution in [0, 0.1) is 0 Å². The summed E-state index contributed by atoms with van der Waals surface area (Å²) >= 11 is 0. The van der Waals surface area contributed by atoms with E-state index in [1.165, 1.54) is 5.56 Å². The van der Waals surface area contributed by atoms with Crippen LogP contribution in [0.1, 0.15) is 43.5 Å². The molecule has 0 unspecified atom stereocenters. The zero-order valence-corrected chi connectivity index (χ0v) is 20.6. The number of para-hydroxylation sites is 1. The van der Waals surface area contributed by atoms with Crippen LogP contribution in [-0.2, 0) is 19.4 Å².